The molecule has 0 aliphatic heterocycles. The summed E-state index contributed by atoms with van der Waals surface area (Å²) in [5, 5.41) is -1.51. The minimum Gasteiger partial charge on any atom is -0.203 e. The highest BCUT2D eigenvalue weighted by molar-refractivity contribution is 6.67. The topological polar surface area (TPSA) is 0 Å². The van der Waals surface area contributed by atoms with Gasteiger partial charge in [-0.05, 0) is 0 Å². The maximum Gasteiger partial charge on any atom is 0.220 e. The zero-order valence-corrected chi connectivity index (χ0v) is 10.3. The number of rotatable bonds is 0. The van der Waals surface area contributed by atoms with Crippen LogP contribution in [-0.2, 0) is 3.79 Å². The monoisotopic (exact) mass is 316 g/mol. The molecule has 0 bridgehead atoms. The van der Waals surface area contributed by atoms with Crippen LogP contribution in [0.2, 0.25) is 10.0 Å². The largest absolute Gasteiger partial charge is 0.220 e. The van der Waals surface area contributed by atoms with Gasteiger partial charge in [0.25, 0.3) is 0 Å². The van der Waals surface area contributed by atoms with E-state index in [1.54, 1.807) is 0 Å². The van der Waals surface area contributed by atoms with Crippen molar-refractivity contribution in [1.82, 2.24) is 0 Å². The van der Waals surface area contributed by atoms with Crippen molar-refractivity contribution in [3.63, 3.8) is 0 Å². The van der Waals surface area contributed by atoms with Crippen LogP contribution in [0.25, 0.3) is 0 Å². The van der Waals surface area contributed by atoms with Crippen LogP contribution >= 0.6 is 58.0 Å². The molecule has 1 aromatic rings. The standard InChI is InChI=1S/C7Cl5F3/c8-2-1(7(10,11)12)4(13)6(15)5(14)3(2)9. The summed E-state index contributed by atoms with van der Waals surface area (Å²) < 4.78 is 36.6. The number of alkyl halides is 3. The highest BCUT2D eigenvalue weighted by Gasteiger charge is 2.35. The van der Waals surface area contributed by atoms with Crippen LogP contribution < -0.4 is 0 Å². The van der Waals surface area contributed by atoms with Crippen molar-refractivity contribution in [1.29, 1.82) is 0 Å². The summed E-state index contributed by atoms with van der Waals surface area (Å²) in [7, 11) is 0. The van der Waals surface area contributed by atoms with Crippen LogP contribution in [0.4, 0.5) is 13.2 Å². The molecule has 0 aliphatic rings. The van der Waals surface area contributed by atoms with Crippen LogP contribution in [-0.4, -0.2) is 0 Å². The van der Waals surface area contributed by atoms with Crippen LogP contribution in [0.1, 0.15) is 5.56 Å². The molecule has 0 aromatic heterocycles. The summed E-state index contributed by atoms with van der Waals surface area (Å²) in [6, 6.07) is 0. The van der Waals surface area contributed by atoms with Gasteiger partial charge >= 0.3 is 0 Å². The average Bonchev–Trinajstić information content (AvgIpc) is 2.09. The molecule has 0 spiro atoms. The summed E-state index contributed by atoms with van der Waals surface area (Å²) in [4.78, 5) is 0. The van der Waals surface area contributed by atoms with Gasteiger partial charge < -0.3 is 0 Å². The third-order valence-corrected chi connectivity index (χ3v) is 2.89. The summed E-state index contributed by atoms with van der Waals surface area (Å²) >= 11 is 26.7. The fourth-order valence-corrected chi connectivity index (χ4v) is 2.02. The SMILES string of the molecule is Fc1c(F)c(Cl)c(Cl)c(C(Cl)(Cl)Cl)c1F. The predicted octanol–water partition coefficient (Wildman–Crippen LogP) is 5.24. The Labute approximate surface area is 108 Å². The maximum absolute atomic E-state index is 13.2. The summed E-state index contributed by atoms with van der Waals surface area (Å²) in [5.74, 6) is -5.15. The molecule has 0 atom stereocenters. The van der Waals surface area contributed by atoms with Crippen molar-refractivity contribution >= 4 is 58.0 Å². The molecule has 84 valence electrons. The van der Waals surface area contributed by atoms with Gasteiger partial charge in [0.15, 0.2) is 17.5 Å². The lowest BCUT2D eigenvalue weighted by atomic mass is 10.2. The third kappa shape index (κ3) is 2.42. The molecule has 8 heteroatoms. The first-order valence-electron chi connectivity index (χ1n) is 3.26. The van der Waals surface area contributed by atoms with Gasteiger partial charge in [0.2, 0.25) is 3.79 Å². The normalized spacial score (nSPS) is 12.0. The van der Waals surface area contributed by atoms with Crippen molar-refractivity contribution < 1.29 is 13.2 Å². The van der Waals surface area contributed by atoms with Crippen molar-refractivity contribution in [3.8, 4) is 0 Å². The second-order valence-corrected chi connectivity index (χ2v) is 5.48. The van der Waals surface area contributed by atoms with Crippen LogP contribution in [0.5, 0.6) is 0 Å². The van der Waals surface area contributed by atoms with E-state index in [-0.39, 0.29) is 0 Å². The van der Waals surface area contributed by atoms with Crippen molar-refractivity contribution in [2.75, 3.05) is 0 Å². The Morgan fingerprint density at radius 3 is 1.60 bits per heavy atom. The highest BCUT2D eigenvalue weighted by Crippen LogP contribution is 2.46. The van der Waals surface area contributed by atoms with E-state index >= 15 is 0 Å². The Balaban J connectivity index is 3.68. The Bertz CT molecular complexity index is 383. The smallest absolute Gasteiger partial charge is 0.203 e. The lowest BCUT2D eigenvalue weighted by Gasteiger charge is -2.16. The molecule has 0 aliphatic carbocycles. The van der Waals surface area contributed by atoms with Gasteiger partial charge in [-0.1, -0.05) is 58.0 Å². The molecule has 0 N–H and O–H groups in total. The molecule has 0 heterocycles. The molecule has 0 radical (unpaired) electrons. The quantitative estimate of drug-likeness (QED) is 0.349. The third-order valence-electron chi connectivity index (χ3n) is 1.49. The highest BCUT2D eigenvalue weighted by atomic mass is 35.6. The molecular weight excluding hydrogens is 318 g/mol. The molecule has 0 fully saturated rings. The van der Waals surface area contributed by atoms with E-state index in [0.717, 1.165) is 0 Å². The number of hydrogen-bond acceptors (Lipinski definition) is 0. The van der Waals surface area contributed by atoms with Gasteiger partial charge in [0, 0.05) is 0 Å². The first-order chi connectivity index (χ1) is 6.68. The molecule has 0 amide bonds. The lowest BCUT2D eigenvalue weighted by molar-refractivity contribution is 0.442. The van der Waals surface area contributed by atoms with Gasteiger partial charge in [-0.3, -0.25) is 0 Å². The van der Waals surface area contributed by atoms with E-state index in [4.69, 9.17) is 58.0 Å². The molecule has 1 rings (SSSR count). The van der Waals surface area contributed by atoms with E-state index in [2.05, 4.69) is 0 Å². The molecule has 15 heavy (non-hydrogen) atoms. The fraction of sp³-hybridized carbons (Fsp3) is 0.143. The number of hydrogen-bond donors (Lipinski definition) is 0. The summed E-state index contributed by atoms with van der Waals surface area (Å²) in [5.41, 5.74) is -0.821. The molecule has 0 saturated carbocycles. The fourth-order valence-electron chi connectivity index (χ4n) is 0.854. The second-order valence-electron chi connectivity index (χ2n) is 2.44. The van der Waals surface area contributed by atoms with E-state index < -0.39 is 36.9 Å². The Kier molecular flexibility index (Phi) is 3.95. The van der Waals surface area contributed by atoms with Crippen LogP contribution in [0.3, 0.4) is 0 Å². The second kappa shape index (κ2) is 4.38. The Morgan fingerprint density at radius 2 is 1.20 bits per heavy atom. The first kappa shape index (κ1) is 13.5. The first-order valence-corrected chi connectivity index (χ1v) is 5.15. The van der Waals surface area contributed by atoms with Gasteiger partial charge in [-0.15, -0.1) is 0 Å². The van der Waals surface area contributed by atoms with Crippen LogP contribution in [0.15, 0.2) is 0 Å². The molecule has 1 aromatic carbocycles. The zero-order chi connectivity index (χ0) is 12.0. The van der Waals surface area contributed by atoms with Crippen molar-refractivity contribution in [2.24, 2.45) is 0 Å². The van der Waals surface area contributed by atoms with Gasteiger partial charge in [-0.25, -0.2) is 13.2 Å². The Hall–Kier alpha value is 0.460. The molecular formula is C7Cl5F3. The Morgan fingerprint density at radius 1 is 0.733 bits per heavy atom. The van der Waals surface area contributed by atoms with Gasteiger partial charge in [0.05, 0.1) is 15.6 Å². The van der Waals surface area contributed by atoms with Crippen molar-refractivity contribution in [2.45, 2.75) is 3.79 Å². The van der Waals surface area contributed by atoms with E-state index in [1.807, 2.05) is 0 Å². The average molecular weight is 318 g/mol. The van der Waals surface area contributed by atoms with E-state index in [9.17, 15) is 13.2 Å². The molecule has 0 saturated heterocycles. The van der Waals surface area contributed by atoms with Gasteiger partial charge in [0.1, 0.15) is 0 Å². The van der Waals surface area contributed by atoms with E-state index in [1.165, 1.54) is 0 Å². The summed E-state index contributed by atoms with van der Waals surface area (Å²) in [6.45, 7) is 0. The molecule has 0 unspecified atom stereocenters. The lowest BCUT2D eigenvalue weighted by Crippen LogP contribution is -2.09. The molecule has 0 nitrogen and oxygen atoms in total. The minimum atomic E-state index is -2.33. The van der Waals surface area contributed by atoms with Crippen molar-refractivity contribution in [3.05, 3.63) is 33.1 Å². The van der Waals surface area contributed by atoms with E-state index in [0.29, 0.717) is 0 Å². The maximum atomic E-state index is 13.2. The number of benzene rings is 1. The number of halogens is 8. The van der Waals surface area contributed by atoms with Crippen LogP contribution in [0, 0.1) is 17.5 Å². The zero-order valence-electron chi connectivity index (χ0n) is 6.52. The minimum absolute atomic E-state index is 0.673. The summed E-state index contributed by atoms with van der Waals surface area (Å²) in [6.07, 6.45) is 0. The predicted molar refractivity (Wildman–Crippen MR) is 55.6 cm³/mol. The van der Waals surface area contributed by atoms with Gasteiger partial charge in [-0.2, -0.15) is 0 Å².